The van der Waals surface area contributed by atoms with Crippen LogP contribution in [0, 0.1) is 0 Å². The van der Waals surface area contributed by atoms with Gasteiger partial charge in [-0.2, -0.15) is 4.79 Å². The molecule has 2 aromatic rings. The molecule has 8 nitrogen and oxygen atoms in total. The Hall–Kier alpha value is -2.10. The molecule has 1 aromatic carbocycles. The minimum absolute atomic E-state index is 0.0301. The lowest BCUT2D eigenvalue weighted by atomic mass is 10.1. The average molecular weight is 412 g/mol. The zero-order valence-corrected chi connectivity index (χ0v) is 16.2. The molecule has 0 amide bonds. The third-order valence-corrected chi connectivity index (χ3v) is 6.47. The summed E-state index contributed by atoms with van der Waals surface area (Å²) in [4.78, 5) is 14.2. The second-order valence-corrected chi connectivity index (χ2v) is 8.65. The van der Waals surface area contributed by atoms with E-state index in [1.54, 1.807) is 23.8 Å². The Morgan fingerprint density at radius 1 is 1.33 bits per heavy atom. The molecule has 144 valence electrons. The summed E-state index contributed by atoms with van der Waals surface area (Å²) in [6.45, 7) is 4.07. The molecule has 2 aliphatic heterocycles. The van der Waals surface area contributed by atoms with Crippen LogP contribution < -0.4 is 5.01 Å². The van der Waals surface area contributed by atoms with E-state index in [9.17, 15) is 13.2 Å². The number of esters is 1. The van der Waals surface area contributed by atoms with Gasteiger partial charge in [0.05, 0.1) is 49.3 Å². The van der Waals surface area contributed by atoms with Crippen molar-refractivity contribution in [1.29, 1.82) is 0 Å². The molecule has 1 saturated heterocycles. The van der Waals surface area contributed by atoms with E-state index in [2.05, 4.69) is 5.10 Å². The van der Waals surface area contributed by atoms with Gasteiger partial charge in [-0.3, -0.25) is 5.01 Å². The van der Waals surface area contributed by atoms with Crippen LogP contribution in [0.4, 0.5) is 0 Å². The molecule has 10 heteroatoms. The van der Waals surface area contributed by atoms with Crippen LogP contribution in [0.3, 0.4) is 0 Å². The normalized spacial score (nSPS) is 17.9. The monoisotopic (exact) mass is 411 g/mol. The maximum Gasteiger partial charge on any atom is 0.359 e. The predicted molar refractivity (Wildman–Crippen MR) is 98.3 cm³/mol. The summed E-state index contributed by atoms with van der Waals surface area (Å²) in [6, 6.07) is 4.72. The number of hydrogen-bond acceptors (Lipinski definition) is 7. The molecule has 4 rings (SSSR count). The first-order chi connectivity index (χ1) is 12.9. The number of hydrogen-bond donors (Lipinski definition) is 0. The number of ether oxygens (including phenoxy) is 2. The molecule has 0 aliphatic carbocycles. The second-order valence-electron chi connectivity index (χ2n) is 6.25. The molecule has 1 aromatic heterocycles. The number of carbonyl (C=O) groups excluding carboxylic acids is 1. The molecular formula is C17H18ClN3O5S. The third-order valence-electron chi connectivity index (χ3n) is 4.56. The molecule has 0 atom stereocenters. The van der Waals surface area contributed by atoms with Crippen LogP contribution in [0.5, 0.6) is 0 Å². The van der Waals surface area contributed by atoms with Gasteiger partial charge in [0.2, 0.25) is 0 Å². The zero-order chi connectivity index (χ0) is 19.2. The lowest BCUT2D eigenvalue weighted by Crippen LogP contribution is -2.45. The van der Waals surface area contributed by atoms with Crippen molar-refractivity contribution in [2.24, 2.45) is 0 Å². The standard InChI is InChI=1S/C17H18ClN3O5S/c1-2-26-17(22)15-13-10-27(23,24)14-9-11(18)3-4-12(14)16(13)21(19-15)20-5-7-25-8-6-20/h3-4,9H,2,5-8,10H2,1H3. The summed E-state index contributed by atoms with van der Waals surface area (Å²) in [5.41, 5.74) is 1.45. The first-order valence-corrected chi connectivity index (χ1v) is 10.6. The number of rotatable bonds is 3. The number of fused-ring (bicyclic) bond motifs is 3. The van der Waals surface area contributed by atoms with Crippen LogP contribution in [0.25, 0.3) is 11.3 Å². The van der Waals surface area contributed by atoms with Crippen LogP contribution in [0.2, 0.25) is 5.02 Å². The number of morpholine rings is 1. The predicted octanol–water partition coefficient (Wildman–Crippen LogP) is 1.64. The van der Waals surface area contributed by atoms with Crippen LogP contribution in [0.15, 0.2) is 23.1 Å². The Morgan fingerprint density at radius 2 is 2.07 bits per heavy atom. The maximum atomic E-state index is 12.8. The second kappa shape index (κ2) is 6.81. The topological polar surface area (TPSA) is 90.7 Å². The van der Waals surface area contributed by atoms with Gasteiger partial charge in [-0.25, -0.2) is 13.2 Å². The van der Waals surface area contributed by atoms with Crippen LogP contribution in [-0.2, 0) is 25.1 Å². The Labute approximate surface area is 161 Å². The fourth-order valence-electron chi connectivity index (χ4n) is 3.37. The summed E-state index contributed by atoms with van der Waals surface area (Å²) >= 11 is 6.03. The lowest BCUT2D eigenvalue weighted by molar-refractivity contribution is 0.0517. The van der Waals surface area contributed by atoms with E-state index in [4.69, 9.17) is 21.1 Å². The average Bonchev–Trinajstić information content (AvgIpc) is 3.01. The van der Waals surface area contributed by atoms with Gasteiger partial charge in [-0.1, -0.05) is 11.6 Å². The largest absolute Gasteiger partial charge is 0.461 e. The fraction of sp³-hybridized carbons (Fsp3) is 0.412. The highest BCUT2D eigenvalue weighted by molar-refractivity contribution is 7.90. The summed E-state index contributed by atoms with van der Waals surface area (Å²) < 4.78 is 36.1. The lowest BCUT2D eigenvalue weighted by Gasteiger charge is -2.31. The summed E-state index contributed by atoms with van der Waals surface area (Å²) in [5, 5.41) is 6.70. The molecule has 3 heterocycles. The van der Waals surface area contributed by atoms with Crippen molar-refractivity contribution < 1.29 is 22.7 Å². The first-order valence-electron chi connectivity index (χ1n) is 8.57. The van der Waals surface area contributed by atoms with Gasteiger partial charge >= 0.3 is 5.97 Å². The highest BCUT2D eigenvalue weighted by atomic mass is 35.5. The van der Waals surface area contributed by atoms with Crippen molar-refractivity contribution in [3.8, 4) is 11.3 Å². The van der Waals surface area contributed by atoms with Gasteiger partial charge in [0.1, 0.15) is 0 Å². The van der Waals surface area contributed by atoms with Crippen molar-refractivity contribution in [2.75, 3.05) is 37.9 Å². The third kappa shape index (κ3) is 3.09. The quantitative estimate of drug-likeness (QED) is 0.709. The summed E-state index contributed by atoms with van der Waals surface area (Å²) in [6.07, 6.45) is 0. The summed E-state index contributed by atoms with van der Waals surface area (Å²) in [7, 11) is -3.66. The number of halogens is 1. The van der Waals surface area contributed by atoms with E-state index in [0.717, 1.165) is 0 Å². The van der Waals surface area contributed by atoms with E-state index in [1.807, 2.05) is 5.01 Å². The van der Waals surface area contributed by atoms with Gasteiger partial charge in [-0.15, -0.1) is 5.10 Å². The molecule has 0 unspecified atom stereocenters. The van der Waals surface area contributed by atoms with Crippen molar-refractivity contribution in [1.82, 2.24) is 9.89 Å². The number of nitrogens with zero attached hydrogens (tertiary/aromatic N) is 3. The smallest absolute Gasteiger partial charge is 0.359 e. The highest BCUT2D eigenvalue weighted by Crippen LogP contribution is 2.40. The van der Waals surface area contributed by atoms with Gasteiger partial charge in [-0.05, 0) is 25.1 Å². The highest BCUT2D eigenvalue weighted by Gasteiger charge is 2.37. The van der Waals surface area contributed by atoms with E-state index >= 15 is 0 Å². The zero-order valence-electron chi connectivity index (χ0n) is 14.6. The fourth-order valence-corrected chi connectivity index (χ4v) is 5.23. The number of aromatic nitrogens is 2. The minimum Gasteiger partial charge on any atom is -0.461 e. The van der Waals surface area contributed by atoms with Crippen molar-refractivity contribution in [3.63, 3.8) is 0 Å². The van der Waals surface area contributed by atoms with Crippen LogP contribution >= 0.6 is 11.6 Å². The number of sulfone groups is 1. The molecule has 27 heavy (non-hydrogen) atoms. The SMILES string of the molecule is CCOC(=O)c1nn(N2CCOCC2)c2c1CS(=O)(=O)c1cc(Cl)ccc1-2. The molecule has 0 spiro atoms. The Morgan fingerprint density at radius 3 is 2.78 bits per heavy atom. The molecule has 0 saturated carbocycles. The van der Waals surface area contributed by atoms with E-state index in [1.165, 1.54) is 6.07 Å². The van der Waals surface area contributed by atoms with Crippen LogP contribution in [0.1, 0.15) is 23.0 Å². The molecule has 1 fully saturated rings. The number of benzene rings is 1. The maximum absolute atomic E-state index is 12.8. The molecule has 0 N–H and O–H groups in total. The minimum atomic E-state index is -3.66. The van der Waals surface area contributed by atoms with Crippen molar-refractivity contribution in [2.45, 2.75) is 17.6 Å². The van der Waals surface area contributed by atoms with Crippen molar-refractivity contribution >= 4 is 27.4 Å². The van der Waals surface area contributed by atoms with E-state index < -0.39 is 15.8 Å². The van der Waals surface area contributed by atoms with E-state index in [-0.39, 0.29) is 22.9 Å². The van der Waals surface area contributed by atoms with E-state index in [0.29, 0.717) is 48.1 Å². The summed E-state index contributed by atoms with van der Waals surface area (Å²) in [5.74, 6) is -0.956. The molecular weight excluding hydrogens is 394 g/mol. The van der Waals surface area contributed by atoms with Crippen LogP contribution in [-0.4, -0.2) is 57.2 Å². The molecule has 0 bridgehead atoms. The van der Waals surface area contributed by atoms with Gasteiger partial charge in [0.15, 0.2) is 15.5 Å². The number of carbonyl (C=O) groups is 1. The van der Waals surface area contributed by atoms with Crippen molar-refractivity contribution in [3.05, 3.63) is 34.5 Å². The Bertz CT molecular complexity index is 1010. The molecule has 2 aliphatic rings. The first kappa shape index (κ1) is 18.3. The van der Waals surface area contributed by atoms with Gasteiger partial charge < -0.3 is 9.47 Å². The Kier molecular flexibility index (Phi) is 4.61. The van der Waals surface area contributed by atoms with Gasteiger partial charge in [0.25, 0.3) is 0 Å². The molecule has 0 radical (unpaired) electrons. The Balaban J connectivity index is 1.96. The van der Waals surface area contributed by atoms with Gasteiger partial charge in [0, 0.05) is 16.1 Å².